The van der Waals surface area contributed by atoms with Gasteiger partial charge >= 0.3 is 0 Å². The number of hydrogen-bond acceptors (Lipinski definition) is 2. The second-order valence-electron chi connectivity index (χ2n) is 7.59. The highest BCUT2D eigenvalue weighted by molar-refractivity contribution is 6.31. The molecule has 0 saturated heterocycles. The summed E-state index contributed by atoms with van der Waals surface area (Å²) in [5, 5.41) is 13.6. The van der Waals surface area contributed by atoms with Crippen molar-refractivity contribution in [2.45, 2.75) is 13.0 Å². The van der Waals surface area contributed by atoms with Gasteiger partial charge in [0.2, 0.25) is 0 Å². The number of nitrogens with zero attached hydrogens (tertiary/aromatic N) is 2. The number of para-hydroxylation sites is 1. The van der Waals surface area contributed by atoms with Crippen molar-refractivity contribution in [2.24, 2.45) is 0 Å². The molecule has 0 unspecified atom stereocenters. The number of nitriles is 1. The van der Waals surface area contributed by atoms with Crippen LogP contribution in [0.3, 0.4) is 0 Å². The van der Waals surface area contributed by atoms with Crippen molar-refractivity contribution in [1.29, 1.82) is 5.26 Å². The molecule has 4 rings (SSSR count). The Morgan fingerprint density at radius 1 is 1.06 bits per heavy atom. The molecule has 3 aromatic carbocycles. The van der Waals surface area contributed by atoms with Gasteiger partial charge in [0.25, 0.3) is 5.91 Å². The predicted molar refractivity (Wildman–Crippen MR) is 129 cm³/mol. The minimum absolute atomic E-state index is 0.00916. The van der Waals surface area contributed by atoms with Crippen LogP contribution in [0.2, 0.25) is 5.02 Å². The van der Waals surface area contributed by atoms with Crippen molar-refractivity contribution >= 4 is 34.5 Å². The van der Waals surface area contributed by atoms with E-state index in [0.29, 0.717) is 29.1 Å². The van der Waals surface area contributed by atoms with Crippen molar-refractivity contribution in [3.8, 4) is 6.07 Å². The summed E-state index contributed by atoms with van der Waals surface area (Å²) in [6, 6.07) is 24.0. The summed E-state index contributed by atoms with van der Waals surface area (Å²) in [5.74, 6) is -0.810. The van der Waals surface area contributed by atoms with E-state index in [2.05, 4.69) is 5.32 Å². The first-order chi connectivity index (χ1) is 16.1. The number of nitrogens with one attached hydrogen (secondary N) is 1. The average molecular weight is 458 g/mol. The van der Waals surface area contributed by atoms with Gasteiger partial charge in [-0.1, -0.05) is 66.2 Å². The summed E-state index contributed by atoms with van der Waals surface area (Å²) in [4.78, 5) is 12.6. The van der Waals surface area contributed by atoms with Crippen molar-refractivity contribution in [3.05, 3.63) is 112 Å². The van der Waals surface area contributed by atoms with Crippen LogP contribution in [0.25, 0.3) is 17.0 Å². The van der Waals surface area contributed by atoms with Gasteiger partial charge in [-0.2, -0.15) is 5.26 Å². The van der Waals surface area contributed by atoms with E-state index in [1.54, 1.807) is 18.2 Å². The highest BCUT2D eigenvalue weighted by atomic mass is 35.5. The molecule has 4 aromatic rings. The van der Waals surface area contributed by atoms with Crippen molar-refractivity contribution in [3.63, 3.8) is 0 Å². The van der Waals surface area contributed by atoms with Gasteiger partial charge in [-0.25, -0.2) is 4.39 Å². The van der Waals surface area contributed by atoms with Gasteiger partial charge < -0.3 is 9.88 Å². The number of benzene rings is 3. The summed E-state index contributed by atoms with van der Waals surface area (Å²) >= 11 is 6.22. The summed E-state index contributed by atoms with van der Waals surface area (Å²) in [5.41, 5.74) is 3.05. The summed E-state index contributed by atoms with van der Waals surface area (Å²) in [6.07, 6.45) is 4.05. The van der Waals surface area contributed by atoms with Gasteiger partial charge in [-0.15, -0.1) is 0 Å². The van der Waals surface area contributed by atoms with E-state index in [0.717, 1.165) is 16.5 Å². The Bertz CT molecular complexity index is 1350. The molecule has 0 saturated carbocycles. The molecule has 0 spiro atoms. The zero-order valence-corrected chi connectivity index (χ0v) is 18.5. The second-order valence-corrected chi connectivity index (χ2v) is 8.00. The van der Waals surface area contributed by atoms with E-state index in [-0.39, 0.29) is 17.9 Å². The molecule has 1 heterocycles. The number of hydrogen-bond donors (Lipinski definition) is 1. The predicted octanol–water partition coefficient (Wildman–Crippen LogP) is 5.75. The Kier molecular flexibility index (Phi) is 6.87. The van der Waals surface area contributed by atoms with Crippen LogP contribution in [-0.4, -0.2) is 17.0 Å². The lowest BCUT2D eigenvalue weighted by Crippen LogP contribution is -2.26. The zero-order valence-electron chi connectivity index (χ0n) is 17.8. The van der Waals surface area contributed by atoms with E-state index in [1.165, 1.54) is 6.07 Å². The fourth-order valence-electron chi connectivity index (χ4n) is 3.74. The van der Waals surface area contributed by atoms with Gasteiger partial charge in [0.15, 0.2) is 0 Å². The van der Waals surface area contributed by atoms with Crippen LogP contribution in [0.5, 0.6) is 0 Å². The number of carbonyl (C=O) groups excluding carboxylic acids is 1. The van der Waals surface area contributed by atoms with Crippen LogP contribution in [0, 0.1) is 17.1 Å². The highest BCUT2D eigenvalue weighted by Crippen LogP contribution is 2.27. The third-order valence-corrected chi connectivity index (χ3v) is 5.77. The molecule has 4 nitrogen and oxygen atoms in total. The summed E-state index contributed by atoms with van der Waals surface area (Å²) in [6.45, 7) is 0.653. The molecule has 0 aliphatic heterocycles. The van der Waals surface area contributed by atoms with Crippen LogP contribution >= 0.6 is 11.6 Å². The molecular weight excluding hydrogens is 437 g/mol. The van der Waals surface area contributed by atoms with E-state index >= 15 is 0 Å². The molecule has 0 fully saturated rings. The molecule has 0 aliphatic rings. The zero-order chi connectivity index (χ0) is 23.2. The SMILES string of the molecule is N#CC(=Cc1cn(Cc2c(F)cccc2Cl)c2ccccc12)C(=O)NCCc1ccccc1. The smallest absolute Gasteiger partial charge is 0.261 e. The van der Waals surface area contributed by atoms with Crippen LogP contribution in [0.15, 0.2) is 84.6 Å². The highest BCUT2D eigenvalue weighted by Gasteiger charge is 2.14. The third-order valence-electron chi connectivity index (χ3n) is 5.42. The monoisotopic (exact) mass is 457 g/mol. The molecular formula is C27H21ClFN3O. The van der Waals surface area contributed by atoms with Crippen molar-refractivity contribution in [2.75, 3.05) is 6.54 Å². The number of rotatable bonds is 7. The minimum atomic E-state index is -0.428. The van der Waals surface area contributed by atoms with E-state index in [1.807, 2.05) is 71.4 Å². The van der Waals surface area contributed by atoms with Gasteiger partial charge in [0.05, 0.1) is 6.54 Å². The second kappa shape index (κ2) is 10.2. The number of halogens is 2. The maximum Gasteiger partial charge on any atom is 0.261 e. The van der Waals surface area contributed by atoms with Crippen molar-refractivity contribution < 1.29 is 9.18 Å². The molecule has 0 radical (unpaired) electrons. The summed E-state index contributed by atoms with van der Waals surface area (Å²) < 4.78 is 16.2. The van der Waals surface area contributed by atoms with Crippen LogP contribution < -0.4 is 5.32 Å². The molecule has 1 aromatic heterocycles. The lowest BCUT2D eigenvalue weighted by Gasteiger charge is -2.08. The lowest BCUT2D eigenvalue weighted by molar-refractivity contribution is -0.117. The third kappa shape index (κ3) is 5.14. The Morgan fingerprint density at radius 2 is 1.82 bits per heavy atom. The molecule has 0 atom stereocenters. The first-order valence-corrected chi connectivity index (χ1v) is 10.9. The van der Waals surface area contributed by atoms with E-state index in [4.69, 9.17) is 11.6 Å². The molecule has 33 heavy (non-hydrogen) atoms. The molecule has 0 aliphatic carbocycles. The normalized spacial score (nSPS) is 11.4. The quantitative estimate of drug-likeness (QED) is 0.284. The Hall–Kier alpha value is -3.88. The standard InChI is InChI=1S/C27H21ClFN3O/c28-24-10-6-11-25(29)23(24)18-32-17-21(22-9-4-5-12-26(22)32)15-20(16-30)27(33)31-14-13-19-7-2-1-3-8-19/h1-12,15,17H,13-14,18H2,(H,31,33). The fourth-order valence-corrected chi connectivity index (χ4v) is 3.96. The van der Waals surface area contributed by atoms with Gasteiger partial charge in [0, 0.05) is 39.8 Å². The van der Waals surface area contributed by atoms with Crippen LogP contribution in [0.1, 0.15) is 16.7 Å². The van der Waals surface area contributed by atoms with Gasteiger partial charge in [0.1, 0.15) is 17.5 Å². The fraction of sp³-hybridized carbons (Fsp3) is 0.111. The first-order valence-electron chi connectivity index (χ1n) is 10.5. The van der Waals surface area contributed by atoms with Crippen LogP contribution in [0.4, 0.5) is 4.39 Å². The van der Waals surface area contributed by atoms with E-state index in [9.17, 15) is 14.4 Å². The molecule has 0 bridgehead atoms. The Morgan fingerprint density at radius 3 is 2.58 bits per heavy atom. The summed E-state index contributed by atoms with van der Waals surface area (Å²) in [7, 11) is 0. The van der Waals surface area contributed by atoms with Gasteiger partial charge in [-0.05, 0) is 36.3 Å². The molecule has 1 N–H and O–H groups in total. The molecule has 6 heteroatoms. The minimum Gasteiger partial charge on any atom is -0.351 e. The number of carbonyl (C=O) groups is 1. The molecule has 164 valence electrons. The largest absolute Gasteiger partial charge is 0.351 e. The van der Waals surface area contributed by atoms with Crippen LogP contribution in [-0.2, 0) is 17.8 Å². The Labute approximate surface area is 196 Å². The average Bonchev–Trinajstić information content (AvgIpc) is 3.18. The molecule has 1 amide bonds. The maximum atomic E-state index is 14.3. The topological polar surface area (TPSA) is 57.8 Å². The van der Waals surface area contributed by atoms with Gasteiger partial charge in [-0.3, -0.25) is 4.79 Å². The van der Waals surface area contributed by atoms with Crippen molar-refractivity contribution in [1.82, 2.24) is 9.88 Å². The lowest BCUT2D eigenvalue weighted by atomic mass is 10.1. The first kappa shape index (κ1) is 22.3. The number of aromatic nitrogens is 1. The van der Waals surface area contributed by atoms with E-state index < -0.39 is 5.91 Å². The number of fused-ring (bicyclic) bond motifs is 1. The maximum absolute atomic E-state index is 14.3. The Balaban J connectivity index is 1.59. The number of amides is 1.